The molecule has 0 N–H and O–H groups in total. The van der Waals surface area contributed by atoms with Crippen LogP contribution in [0.25, 0.3) is 0 Å². The Bertz CT molecular complexity index is 944. The molecule has 6 nitrogen and oxygen atoms in total. The fourth-order valence-corrected chi connectivity index (χ4v) is 6.21. The summed E-state index contributed by atoms with van der Waals surface area (Å²) in [5.41, 5.74) is 0.823. The number of halogens is 3. The minimum Gasteiger partial charge on any atom is -0.417 e. The van der Waals surface area contributed by atoms with E-state index in [0.29, 0.717) is 26.6 Å². The average molecular weight is 510 g/mol. The largest absolute Gasteiger partial charge is 0.440 e. The van der Waals surface area contributed by atoms with E-state index >= 15 is 0 Å². The summed E-state index contributed by atoms with van der Waals surface area (Å²) in [6.45, 7) is 0.767. The third-order valence-corrected chi connectivity index (χ3v) is 8.22. The van der Waals surface area contributed by atoms with Crippen molar-refractivity contribution in [3.05, 3.63) is 63.6 Å². The molecule has 1 atom stereocenters. The van der Waals surface area contributed by atoms with Crippen molar-refractivity contribution in [2.24, 2.45) is 5.10 Å². The molecular weight excluding hydrogens is 490 g/mol. The van der Waals surface area contributed by atoms with Gasteiger partial charge in [-0.2, -0.15) is 5.10 Å². The number of carbonyl (C=O) groups excluding carboxylic acids is 1. The quantitative estimate of drug-likeness (QED) is 0.146. The van der Waals surface area contributed by atoms with Gasteiger partial charge in [-0.05, 0) is 72.8 Å². The maximum Gasteiger partial charge on any atom is 0.440 e. The third kappa shape index (κ3) is 7.49. The predicted octanol–water partition coefficient (Wildman–Crippen LogP) is 7.29. The third-order valence-electron chi connectivity index (χ3n) is 3.48. The van der Waals surface area contributed by atoms with Gasteiger partial charge in [-0.15, -0.1) is 4.53 Å². The zero-order valence-electron chi connectivity index (χ0n) is 16.3. The van der Waals surface area contributed by atoms with Crippen LogP contribution in [0.2, 0.25) is 10.0 Å². The summed E-state index contributed by atoms with van der Waals surface area (Å²) in [7, 11) is 0. The standard InChI is InChI=1S/C19H20Cl3N2O4PS/c1-3-11-30-29(26,27-4-2)28-16-8-5-14(6-9-16)13-23-24(22)19(25)17-10-7-15(20)12-18(17)21/h5-10,12-13H,3-4,11H2,1-2H3. The van der Waals surface area contributed by atoms with Crippen molar-refractivity contribution in [2.45, 2.75) is 20.3 Å². The number of benzene rings is 2. The van der Waals surface area contributed by atoms with Gasteiger partial charge < -0.3 is 4.52 Å². The molecule has 0 aliphatic rings. The van der Waals surface area contributed by atoms with Crippen LogP contribution in [0.1, 0.15) is 36.2 Å². The van der Waals surface area contributed by atoms with Crippen LogP contribution in [0.3, 0.4) is 0 Å². The van der Waals surface area contributed by atoms with Crippen LogP contribution in [0, 0.1) is 0 Å². The summed E-state index contributed by atoms with van der Waals surface area (Å²) in [5.74, 6) is 0.471. The van der Waals surface area contributed by atoms with Gasteiger partial charge >= 0.3 is 6.80 Å². The normalized spacial score (nSPS) is 13.2. The lowest BCUT2D eigenvalue weighted by Crippen LogP contribution is -2.16. The van der Waals surface area contributed by atoms with Gasteiger partial charge in [0.15, 0.2) is 0 Å². The number of carbonyl (C=O) groups is 1. The zero-order valence-corrected chi connectivity index (χ0v) is 20.2. The maximum absolute atomic E-state index is 12.7. The molecule has 0 radical (unpaired) electrons. The van der Waals surface area contributed by atoms with Crippen LogP contribution in [0.4, 0.5) is 0 Å². The maximum atomic E-state index is 12.7. The molecule has 0 fully saturated rings. The van der Waals surface area contributed by atoms with Gasteiger partial charge in [0.2, 0.25) is 0 Å². The van der Waals surface area contributed by atoms with Crippen LogP contribution in [-0.4, -0.2) is 29.0 Å². The summed E-state index contributed by atoms with van der Waals surface area (Å²) < 4.78 is 24.3. The highest BCUT2D eigenvalue weighted by Gasteiger charge is 2.26. The second-order valence-electron chi connectivity index (χ2n) is 5.79. The molecular formula is C19H20Cl3N2O4PS. The van der Waals surface area contributed by atoms with Gasteiger partial charge in [0.1, 0.15) is 5.75 Å². The molecule has 0 saturated heterocycles. The van der Waals surface area contributed by atoms with Gasteiger partial charge in [0.05, 0.1) is 23.4 Å². The van der Waals surface area contributed by atoms with Crippen LogP contribution in [0.15, 0.2) is 47.6 Å². The van der Waals surface area contributed by atoms with Gasteiger partial charge in [-0.1, -0.05) is 30.1 Å². The van der Waals surface area contributed by atoms with Crippen molar-refractivity contribution in [1.82, 2.24) is 4.53 Å². The Labute approximate surface area is 194 Å². The topological polar surface area (TPSA) is 68.2 Å². The zero-order chi connectivity index (χ0) is 22.1. The molecule has 0 bridgehead atoms. The van der Waals surface area contributed by atoms with E-state index in [1.54, 1.807) is 31.2 Å². The summed E-state index contributed by atoms with van der Waals surface area (Å²) in [5, 5.41) is 4.50. The lowest BCUT2D eigenvalue weighted by molar-refractivity contribution is 0.0867. The van der Waals surface area contributed by atoms with Crippen molar-refractivity contribution in [3.63, 3.8) is 0 Å². The van der Waals surface area contributed by atoms with Crippen molar-refractivity contribution >= 4 is 65.3 Å². The molecule has 2 aromatic rings. The van der Waals surface area contributed by atoms with Crippen LogP contribution in [-0.2, 0) is 9.09 Å². The Morgan fingerprint density at radius 3 is 2.50 bits per heavy atom. The van der Waals surface area contributed by atoms with Crippen molar-refractivity contribution in [3.8, 4) is 5.75 Å². The van der Waals surface area contributed by atoms with E-state index in [2.05, 4.69) is 5.10 Å². The first-order chi connectivity index (χ1) is 14.3. The monoisotopic (exact) mass is 508 g/mol. The Kier molecular flexibility index (Phi) is 10.0. The molecule has 0 aromatic heterocycles. The van der Waals surface area contributed by atoms with Gasteiger partial charge in [-0.25, -0.2) is 4.57 Å². The van der Waals surface area contributed by atoms with E-state index in [0.717, 1.165) is 6.42 Å². The smallest absolute Gasteiger partial charge is 0.417 e. The highest BCUT2D eigenvalue weighted by molar-refractivity contribution is 8.55. The molecule has 0 heterocycles. The fourth-order valence-electron chi connectivity index (χ4n) is 2.13. The van der Waals surface area contributed by atoms with E-state index in [4.69, 9.17) is 44.0 Å². The first-order valence-corrected chi connectivity index (χ1v) is 13.2. The Hall–Kier alpha value is -1.21. The molecule has 2 rings (SSSR count). The minimum absolute atomic E-state index is 0.174. The minimum atomic E-state index is -3.27. The average Bonchev–Trinajstić information content (AvgIpc) is 2.71. The summed E-state index contributed by atoms with van der Waals surface area (Å²) in [6.07, 6.45) is 2.25. The Morgan fingerprint density at radius 1 is 1.20 bits per heavy atom. The summed E-state index contributed by atoms with van der Waals surface area (Å²) in [6, 6.07) is 11.1. The molecule has 162 valence electrons. The first-order valence-electron chi connectivity index (χ1n) is 8.96. The fraction of sp³-hybridized carbons (Fsp3) is 0.263. The van der Waals surface area contributed by atoms with Crippen LogP contribution in [0.5, 0.6) is 5.75 Å². The highest BCUT2D eigenvalue weighted by Crippen LogP contribution is 2.60. The number of rotatable bonds is 10. The number of hydrogen-bond donors (Lipinski definition) is 0. The van der Waals surface area contributed by atoms with E-state index in [1.807, 2.05) is 6.92 Å². The SMILES string of the molecule is CCCSP(=O)(OCC)Oc1ccc(C=NN(Cl)C(=O)c2ccc(Cl)cc2Cl)cc1. The van der Waals surface area contributed by atoms with E-state index in [9.17, 15) is 9.36 Å². The Morgan fingerprint density at radius 2 is 1.90 bits per heavy atom. The van der Waals surface area contributed by atoms with Gasteiger partial charge in [0, 0.05) is 22.6 Å². The molecule has 0 aliphatic carbocycles. The molecule has 0 aliphatic heterocycles. The highest BCUT2D eigenvalue weighted by atomic mass is 35.5. The van der Waals surface area contributed by atoms with Crippen LogP contribution >= 0.6 is 53.2 Å². The molecule has 1 unspecified atom stereocenters. The van der Waals surface area contributed by atoms with Crippen molar-refractivity contribution < 1.29 is 18.4 Å². The second kappa shape index (κ2) is 12.0. The number of nitrogens with zero attached hydrogens (tertiary/aromatic N) is 2. The van der Waals surface area contributed by atoms with Crippen molar-refractivity contribution in [1.29, 1.82) is 0 Å². The molecule has 0 saturated carbocycles. The van der Waals surface area contributed by atoms with E-state index in [-0.39, 0.29) is 17.2 Å². The number of hydrazone groups is 1. The van der Waals surface area contributed by atoms with Crippen LogP contribution < -0.4 is 4.52 Å². The Balaban J connectivity index is 2.04. The van der Waals surface area contributed by atoms with Gasteiger partial charge in [0.25, 0.3) is 5.91 Å². The van der Waals surface area contributed by atoms with E-state index in [1.165, 1.54) is 35.8 Å². The number of hydrogen-bond acceptors (Lipinski definition) is 6. The second-order valence-corrected chi connectivity index (χ2v) is 11.1. The molecule has 30 heavy (non-hydrogen) atoms. The number of amides is 1. The first kappa shape index (κ1) is 25.1. The molecule has 11 heteroatoms. The van der Waals surface area contributed by atoms with Gasteiger partial charge in [-0.3, -0.25) is 9.32 Å². The summed E-state index contributed by atoms with van der Waals surface area (Å²) >= 11 is 19.0. The molecule has 0 spiro atoms. The van der Waals surface area contributed by atoms with Crippen molar-refractivity contribution in [2.75, 3.05) is 12.4 Å². The summed E-state index contributed by atoms with van der Waals surface area (Å²) in [4.78, 5) is 12.3. The lowest BCUT2D eigenvalue weighted by Gasteiger charge is -2.17. The molecule has 1 amide bonds. The molecule has 2 aromatic carbocycles. The van der Waals surface area contributed by atoms with E-state index < -0.39 is 12.7 Å². The predicted molar refractivity (Wildman–Crippen MR) is 125 cm³/mol. The lowest BCUT2D eigenvalue weighted by atomic mass is 10.2.